The van der Waals surface area contributed by atoms with E-state index >= 15 is 0 Å². The van der Waals surface area contributed by atoms with Crippen molar-refractivity contribution in [2.24, 2.45) is 9.98 Å². The van der Waals surface area contributed by atoms with Crippen LogP contribution in [0.5, 0.6) is 0 Å². The molecule has 0 radical (unpaired) electrons. The van der Waals surface area contributed by atoms with Gasteiger partial charge in [0, 0.05) is 18.8 Å². The Kier molecular flexibility index (Phi) is 1.84. The third-order valence-corrected chi connectivity index (χ3v) is 0.722. The van der Waals surface area contributed by atoms with Gasteiger partial charge in [-0.3, -0.25) is 4.99 Å². The Morgan fingerprint density at radius 3 is 3.38 bits per heavy atom. The maximum atomic E-state index is 3.86. The normalized spacial score (nSPS) is 16.0. The molecule has 1 heterocycles. The number of nitrogens with zero attached hydrogens (tertiary/aromatic N) is 2. The van der Waals surface area contributed by atoms with Gasteiger partial charge in [0.15, 0.2) is 0 Å². The van der Waals surface area contributed by atoms with E-state index in [4.69, 9.17) is 0 Å². The maximum Gasteiger partial charge on any atom is 0.0550 e. The quantitative estimate of drug-likeness (QED) is 0.442. The van der Waals surface area contributed by atoms with Crippen molar-refractivity contribution in [3.8, 4) is 0 Å². The molecule has 0 aromatic carbocycles. The Labute approximate surface area is 48.0 Å². The van der Waals surface area contributed by atoms with Crippen LogP contribution in [0.3, 0.4) is 0 Å². The predicted molar refractivity (Wildman–Crippen MR) is 34.3 cm³/mol. The first-order chi connectivity index (χ1) is 4.00. The average Bonchev–Trinajstić information content (AvgIpc) is 1.62. The van der Waals surface area contributed by atoms with E-state index in [1.807, 2.05) is 6.08 Å². The summed E-state index contributed by atoms with van der Waals surface area (Å²) < 4.78 is 0. The van der Waals surface area contributed by atoms with Crippen LogP contribution in [0.15, 0.2) is 28.5 Å². The molecule has 0 saturated carbocycles. The number of aliphatic imine (C=N–C) groups is 2. The molecule has 0 fully saturated rings. The zero-order valence-corrected chi connectivity index (χ0v) is 4.41. The second-order valence-electron chi connectivity index (χ2n) is 1.33. The van der Waals surface area contributed by atoms with Crippen molar-refractivity contribution in [1.29, 1.82) is 0 Å². The molecule has 0 spiro atoms. The van der Waals surface area contributed by atoms with Crippen LogP contribution in [0, 0.1) is 0 Å². The molecule has 1 aliphatic heterocycles. The molecule has 2 heteroatoms. The van der Waals surface area contributed by atoms with E-state index in [-0.39, 0.29) is 0 Å². The second-order valence-corrected chi connectivity index (χ2v) is 1.33. The smallest absolute Gasteiger partial charge is 0.0550 e. The molecule has 40 valence electrons. The Morgan fingerprint density at radius 2 is 2.38 bits per heavy atom. The molecular weight excluding hydrogens is 100 g/mol. The highest BCUT2D eigenvalue weighted by Gasteiger charge is 1.69. The molecule has 0 amide bonds. The second kappa shape index (κ2) is 2.94. The molecular formula is C6H6N2. The van der Waals surface area contributed by atoms with Crippen LogP contribution in [0.1, 0.15) is 6.42 Å². The van der Waals surface area contributed by atoms with Gasteiger partial charge in [-0.1, -0.05) is 0 Å². The molecule has 0 N–H and O–H groups in total. The first kappa shape index (κ1) is 5.01. The SMILES string of the molecule is C1=CCC=NC=CN=1. The van der Waals surface area contributed by atoms with E-state index in [2.05, 4.69) is 15.9 Å². The lowest BCUT2D eigenvalue weighted by molar-refractivity contribution is 1.43. The molecule has 8 heavy (non-hydrogen) atoms. The van der Waals surface area contributed by atoms with E-state index in [0.717, 1.165) is 6.42 Å². The molecule has 1 aliphatic rings. The predicted octanol–water partition coefficient (Wildman–Crippen LogP) is 1.16. The van der Waals surface area contributed by atoms with Gasteiger partial charge in [0.05, 0.1) is 6.20 Å². The van der Waals surface area contributed by atoms with Crippen LogP contribution >= 0.6 is 0 Å². The van der Waals surface area contributed by atoms with Crippen molar-refractivity contribution in [2.45, 2.75) is 6.42 Å². The van der Waals surface area contributed by atoms with Crippen molar-refractivity contribution in [2.75, 3.05) is 0 Å². The molecule has 0 saturated heterocycles. The first-order valence-corrected chi connectivity index (χ1v) is 2.44. The van der Waals surface area contributed by atoms with Crippen LogP contribution in [-0.2, 0) is 0 Å². The summed E-state index contributed by atoms with van der Waals surface area (Å²) in [6.45, 7) is 0. The van der Waals surface area contributed by atoms with Crippen molar-refractivity contribution in [3.63, 3.8) is 0 Å². The molecule has 0 aliphatic carbocycles. The van der Waals surface area contributed by atoms with Crippen LogP contribution in [0.4, 0.5) is 0 Å². The Hall–Kier alpha value is -1.14. The number of allylic oxidation sites excluding steroid dienone is 1. The minimum Gasteiger partial charge on any atom is -0.267 e. The number of hydrogen-bond acceptors (Lipinski definition) is 2. The highest BCUT2D eigenvalue weighted by molar-refractivity contribution is 5.66. The minimum atomic E-state index is 0.827. The van der Waals surface area contributed by atoms with Gasteiger partial charge >= 0.3 is 0 Å². The minimum absolute atomic E-state index is 0.827. The van der Waals surface area contributed by atoms with Gasteiger partial charge in [-0.25, -0.2) is 4.99 Å². The number of rotatable bonds is 0. The molecule has 2 nitrogen and oxygen atoms in total. The van der Waals surface area contributed by atoms with Crippen molar-refractivity contribution >= 4 is 12.1 Å². The van der Waals surface area contributed by atoms with Crippen molar-refractivity contribution < 1.29 is 0 Å². The van der Waals surface area contributed by atoms with Gasteiger partial charge in [-0.15, -0.1) is 0 Å². The fourth-order valence-electron chi connectivity index (χ4n) is 0.395. The summed E-state index contributed by atoms with van der Waals surface area (Å²) in [4.78, 5) is 7.59. The van der Waals surface area contributed by atoms with E-state index in [0.29, 0.717) is 0 Å². The summed E-state index contributed by atoms with van der Waals surface area (Å²) in [5, 5.41) is 0. The lowest BCUT2D eigenvalue weighted by atomic mass is 10.4. The van der Waals surface area contributed by atoms with Gasteiger partial charge in [-0.2, -0.15) is 0 Å². The molecule has 0 unspecified atom stereocenters. The third-order valence-electron chi connectivity index (χ3n) is 0.722. The Morgan fingerprint density at radius 1 is 1.38 bits per heavy atom. The van der Waals surface area contributed by atoms with Gasteiger partial charge in [0.25, 0.3) is 0 Å². The summed E-state index contributed by atoms with van der Waals surface area (Å²) in [5.41, 5.74) is 0. The average molecular weight is 106 g/mol. The maximum absolute atomic E-state index is 3.86. The van der Waals surface area contributed by atoms with Gasteiger partial charge in [-0.05, 0) is 11.9 Å². The van der Waals surface area contributed by atoms with E-state index in [9.17, 15) is 0 Å². The summed E-state index contributed by atoms with van der Waals surface area (Å²) in [7, 11) is 0. The van der Waals surface area contributed by atoms with Crippen molar-refractivity contribution in [1.82, 2.24) is 0 Å². The topological polar surface area (TPSA) is 24.7 Å². The summed E-state index contributed by atoms with van der Waals surface area (Å²) in [6, 6.07) is 0. The van der Waals surface area contributed by atoms with Crippen LogP contribution < -0.4 is 0 Å². The Balaban J connectivity index is 2.70. The Bertz CT molecular complexity index is 171. The highest BCUT2D eigenvalue weighted by Crippen LogP contribution is 1.80. The van der Waals surface area contributed by atoms with E-state index in [1.54, 1.807) is 18.6 Å². The molecule has 0 bridgehead atoms. The summed E-state index contributed by atoms with van der Waals surface area (Å²) >= 11 is 0. The van der Waals surface area contributed by atoms with Crippen LogP contribution in [-0.4, -0.2) is 12.1 Å². The van der Waals surface area contributed by atoms with Crippen LogP contribution in [0.2, 0.25) is 0 Å². The molecule has 1 rings (SSSR count). The summed E-state index contributed by atoms with van der Waals surface area (Å²) in [5.74, 6) is 2.71. The zero-order chi connectivity index (χ0) is 5.66. The lowest BCUT2D eigenvalue weighted by Gasteiger charge is -1.77. The standard InChI is InChI=1S/C6H6N2/c1-2-4-8-6-5-7-3-1/h1,4-6H,2H2. The first-order valence-electron chi connectivity index (χ1n) is 2.44. The monoisotopic (exact) mass is 106 g/mol. The fraction of sp³-hybridized carbons (Fsp3) is 0.167. The van der Waals surface area contributed by atoms with Gasteiger partial charge in [0.1, 0.15) is 0 Å². The van der Waals surface area contributed by atoms with Gasteiger partial charge in [0.2, 0.25) is 0 Å². The van der Waals surface area contributed by atoms with Crippen LogP contribution in [0.25, 0.3) is 0 Å². The lowest BCUT2D eigenvalue weighted by Crippen LogP contribution is -1.69. The largest absolute Gasteiger partial charge is 0.267 e. The van der Waals surface area contributed by atoms with E-state index in [1.165, 1.54) is 0 Å². The van der Waals surface area contributed by atoms with Crippen molar-refractivity contribution in [3.05, 3.63) is 18.5 Å². The summed E-state index contributed by atoms with van der Waals surface area (Å²) in [6.07, 6.45) is 7.70. The fourth-order valence-corrected chi connectivity index (χ4v) is 0.395. The molecule has 0 atom stereocenters. The highest BCUT2D eigenvalue weighted by atomic mass is 14.7. The third kappa shape index (κ3) is 1.54. The number of hydrogen-bond donors (Lipinski definition) is 0. The zero-order valence-electron chi connectivity index (χ0n) is 4.41. The van der Waals surface area contributed by atoms with Gasteiger partial charge < -0.3 is 0 Å². The van der Waals surface area contributed by atoms with E-state index < -0.39 is 0 Å². The molecule has 0 aromatic heterocycles. The molecule has 0 aromatic rings.